The average Bonchev–Trinajstić information content (AvgIpc) is 2.61. The van der Waals surface area contributed by atoms with E-state index in [0.717, 1.165) is 24.8 Å². The number of esters is 1. The van der Waals surface area contributed by atoms with Crippen molar-refractivity contribution in [2.75, 3.05) is 0 Å². The Balaban J connectivity index is 2.17. The van der Waals surface area contributed by atoms with Gasteiger partial charge in [0.2, 0.25) is 5.43 Å². The molecule has 0 atom stereocenters. The van der Waals surface area contributed by atoms with E-state index in [9.17, 15) is 9.59 Å². The number of aromatic nitrogens is 1. The van der Waals surface area contributed by atoms with Gasteiger partial charge in [0, 0.05) is 19.2 Å². The number of carbonyl (C=O) groups excluding carboxylic acids is 1. The van der Waals surface area contributed by atoms with Crippen LogP contribution in [0.3, 0.4) is 0 Å². The molecule has 2 heterocycles. The highest BCUT2D eigenvalue weighted by molar-refractivity contribution is 5.84. The van der Waals surface area contributed by atoms with Gasteiger partial charge in [0.15, 0.2) is 0 Å². The minimum atomic E-state index is -0.399. The standard InChI is InChI=1S/C20H19NO4/c1-3-4-7-14-10-15-19(11-18(14)25-13(2)22)24-12-16(20(15)23)17-8-5-6-9-21-17/h5-6,8-12H,3-4,7H2,1-2H3. The predicted molar refractivity (Wildman–Crippen MR) is 95.6 cm³/mol. The molecule has 0 unspecified atom stereocenters. The largest absolute Gasteiger partial charge is 0.463 e. The summed E-state index contributed by atoms with van der Waals surface area (Å²) in [5.74, 6) is 0.0479. The highest BCUT2D eigenvalue weighted by atomic mass is 16.5. The summed E-state index contributed by atoms with van der Waals surface area (Å²) in [4.78, 5) is 28.5. The minimum Gasteiger partial charge on any atom is -0.463 e. The first-order valence-electron chi connectivity index (χ1n) is 8.28. The minimum absolute atomic E-state index is 0.146. The van der Waals surface area contributed by atoms with Gasteiger partial charge in [-0.3, -0.25) is 14.6 Å². The van der Waals surface area contributed by atoms with E-state index < -0.39 is 5.97 Å². The third kappa shape index (κ3) is 3.60. The monoisotopic (exact) mass is 337 g/mol. The molecule has 2 aromatic heterocycles. The molecule has 0 bridgehead atoms. The lowest BCUT2D eigenvalue weighted by Gasteiger charge is -2.10. The van der Waals surface area contributed by atoms with Gasteiger partial charge < -0.3 is 9.15 Å². The van der Waals surface area contributed by atoms with Crippen LogP contribution in [0.2, 0.25) is 0 Å². The number of unbranched alkanes of at least 4 members (excludes halogenated alkanes) is 1. The van der Waals surface area contributed by atoms with Gasteiger partial charge in [-0.25, -0.2) is 0 Å². The Labute approximate surface area is 145 Å². The Morgan fingerprint density at radius 1 is 1.28 bits per heavy atom. The van der Waals surface area contributed by atoms with E-state index in [4.69, 9.17) is 9.15 Å². The predicted octanol–water partition coefficient (Wildman–Crippen LogP) is 4.12. The second-order valence-corrected chi connectivity index (χ2v) is 5.85. The first-order chi connectivity index (χ1) is 12.1. The summed E-state index contributed by atoms with van der Waals surface area (Å²) < 4.78 is 10.9. The molecule has 0 aliphatic carbocycles. The smallest absolute Gasteiger partial charge is 0.308 e. The van der Waals surface area contributed by atoms with Crippen molar-refractivity contribution >= 4 is 16.9 Å². The van der Waals surface area contributed by atoms with Crippen molar-refractivity contribution in [1.82, 2.24) is 4.98 Å². The molecule has 0 N–H and O–H groups in total. The lowest BCUT2D eigenvalue weighted by Crippen LogP contribution is -2.08. The van der Waals surface area contributed by atoms with Crippen LogP contribution in [0.1, 0.15) is 32.3 Å². The summed E-state index contributed by atoms with van der Waals surface area (Å²) in [6, 6.07) is 8.76. The molecular weight excluding hydrogens is 318 g/mol. The Hall–Kier alpha value is -2.95. The summed E-state index contributed by atoms with van der Waals surface area (Å²) >= 11 is 0. The molecular formula is C20H19NO4. The number of nitrogens with zero attached hydrogens (tertiary/aromatic N) is 1. The second kappa shape index (κ2) is 7.30. The lowest BCUT2D eigenvalue weighted by molar-refractivity contribution is -0.131. The Kier molecular flexibility index (Phi) is 4.93. The number of fused-ring (bicyclic) bond motifs is 1. The molecule has 5 nitrogen and oxygen atoms in total. The summed E-state index contributed by atoms with van der Waals surface area (Å²) in [5, 5.41) is 0.463. The maximum atomic E-state index is 12.9. The number of benzene rings is 1. The topological polar surface area (TPSA) is 69.4 Å². The van der Waals surface area contributed by atoms with Crippen molar-refractivity contribution in [3.63, 3.8) is 0 Å². The van der Waals surface area contributed by atoms with Crippen LogP contribution >= 0.6 is 0 Å². The van der Waals surface area contributed by atoms with Crippen LogP contribution in [-0.4, -0.2) is 11.0 Å². The number of hydrogen-bond acceptors (Lipinski definition) is 5. The Morgan fingerprint density at radius 2 is 2.12 bits per heavy atom. The molecule has 0 saturated carbocycles. The van der Waals surface area contributed by atoms with Crippen molar-refractivity contribution in [2.45, 2.75) is 33.1 Å². The van der Waals surface area contributed by atoms with Crippen LogP contribution in [0.15, 0.2) is 52.0 Å². The van der Waals surface area contributed by atoms with Crippen LogP contribution < -0.4 is 10.2 Å². The number of carbonyl (C=O) groups is 1. The third-order valence-corrected chi connectivity index (χ3v) is 3.95. The molecule has 0 fully saturated rings. The van der Waals surface area contributed by atoms with Crippen LogP contribution in [-0.2, 0) is 11.2 Å². The van der Waals surface area contributed by atoms with Gasteiger partial charge in [0.25, 0.3) is 0 Å². The summed E-state index contributed by atoms with van der Waals surface area (Å²) in [6.07, 6.45) is 5.69. The zero-order chi connectivity index (χ0) is 17.8. The SMILES string of the molecule is CCCCc1cc2c(=O)c(-c3ccccn3)coc2cc1OC(C)=O. The first-order valence-corrected chi connectivity index (χ1v) is 8.28. The first kappa shape index (κ1) is 16.9. The van der Waals surface area contributed by atoms with Gasteiger partial charge in [-0.1, -0.05) is 19.4 Å². The van der Waals surface area contributed by atoms with E-state index in [2.05, 4.69) is 11.9 Å². The molecule has 0 radical (unpaired) electrons. The zero-order valence-corrected chi connectivity index (χ0v) is 14.2. The number of hydrogen-bond donors (Lipinski definition) is 0. The molecule has 0 aliphatic heterocycles. The fraction of sp³-hybridized carbons (Fsp3) is 0.250. The molecule has 5 heteroatoms. The van der Waals surface area contributed by atoms with E-state index >= 15 is 0 Å². The number of rotatable bonds is 5. The lowest BCUT2D eigenvalue weighted by atomic mass is 10.0. The fourth-order valence-corrected chi connectivity index (χ4v) is 2.71. The maximum absolute atomic E-state index is 12.9. The van der Waals surface area contributed by atoms with E-state index in [-0.39, 0.29) is 5.43 Å². The van der Waals surface area contributed by atoms with Gasteiger partial charge in [-0.15, -0.1) is 0 Å². The molecule has 128 valence electrons. The molecule has 25 heavy (non-hydrogen) atoms. The third-order valence-electron chi connectivity index (χ3n) is 3.95. The van der Waals surface area contributed by atoms with E-state index in [1.54, 1.807) is 30.5 Å². The van der Waals surface area contributed by atoms with E-state index in [0.29, 0.717) is 28.0 Å². The van der Waals surface area contributed by atoms with Crippen LogP contribution in [0.25, 0.3) is 22.2 Å². The zero-order valence-electron chi connectivity index (χ0n) is 14.2. The van der Waals surface area contributed by atoms with Crippen molar-refractivity contribution in [3.05, 3.63) is 58.6 Å². The van der Waals surface area contributed by atoms with E-state index in [1.807, 2.05) is 6.07 Å². The molecule has 3 aromatic rings. The van der Waals surface area contributed by atoms with Gasteiger partial charge >= 0.3 is 5.97 Å². The molecule has 0 saturated heterocycles. The fourth-order valence-electron chi connectivity index (χ4n) is 2.71. The van der Waals surface area contributed by atoms with Gasteiger partial charge in [0.1, 0.15) is 17.6 Å². The summed E-state index contributed by atoms with van der Waals surface area (Å²) in [7, 11) is 0. The number of pyridine rings is 1. The molecule has 0 spiro atoms. The van der Waals surface area contributed by atoms with Crippen molar-refractivity contribution in [2.24, 2.45) is 0 Å². The van der Waals surface area contributed by atoms with Crippen LogP contribution in [0.4, 0.5) is 0 Å². The Bertz CT molecular complexity index is 961. The second-order valence-electron chi connectivity index (χ2n) is 5.85. The quantitative estimate of drug-likeness (QED) is 0.517. The molecule has 0 aliphatic rings. The van der Waals surface area contributed by atoms with Crippen molar-refractivity contribution in [1.29, 1.82) is 0 Å². The molecule has 3 rings (SSSR count). The van der Waals surface area contributed by atoms with Gasteiger partial charge in [-0.2, -0.15) is 0 Å². The highest BCUT2D eigenvalue weighted by Gasteiger charge is 2.15. The van der Waals surface area contributed by atoms with Crippen molar-refractivity contribution < 1.29 is 13.9 Å². The highest BCUT2D eigenvalue weighted by Crippen LogP contribution is 2.28. The molecule has 0 amide bonds. The van der Waals surface area contributed by atoms with Gasteiger partial charge in [0.05, 0.1) is 16.6 Å². The number of ether oxygens (including phenoxy) is 1. The average molecular weight is 337 g/mol. The van der Waals surface area contributed by atoms with Crippen molar-refractivity contribution in [3.8, 4) is 17.0 Å². The summed E-state index contributed by atoms with van der Waals surface area (Å²) in [5.41, 5.74) is 2.05. The van der Waals surface area contributed by atoms with Crippen LogP contribution in [0, 0.1) is 0 Å². The number of aryl methyl sites for hydroxylation is 1. The summed E-state index contributed by atoms with van der Waals surface area (Å²) in [6.45, 7) is 3.44. The maximum Gasteiger partial charge on any atom is 0.308 e. The normalized spacial score (nSPS) is 10.8. The molecule has 1 aromatic carbocycles. The van der Waals surface area contributed by atoms with E-state index in [1.165, 1.54) is 13.2 Å². The van der Waals surface area contributed by atoms with Crippen LogP contribution in [0.5, 0.6) is 5.75 Å². The van der Waals surface area contributed by atoms with Gasteiger partial charge in [-0.05, 0) is 36.6 Å². The Morgan fingerprint density at radius 3 is 2.80 bits per heavy atom.